The standard InChI is InChI=1S/C15H24BrNO5S/c1-2-3-4-5-12-10-13(19)11-14(20)15(12)23(21,22)17(7-6-16)8-9-18/h10-11,18-20H,2-9H2,1H3. The van der Waals surface area contributed by atoms with E-state index in [1.54, 1.807) is 0 Å². The van der Waals surface area contributed by atoms with Crippen molar-refractivity contribution >= 4 is 26.0 Å². The van der Waals surface area contributed by atoms with Crippen molar-refractivity contribution in [3.63, 3.8) is 0 Å². The summed E-state index contributed by atoms with van der Waals surface area (Å²) in [6.45, 7) is 1.85. The van der Waals surface area contributed by atoms with Gasteiger partial charge in [-0.3, -0.25) is 0 Å². The SMILES string of the molecule is CCCCCc1cc(O)cc(O)c1S(=O)(=O)N(CCO)CCBr. The minimum Gasteiger partial charge on any atom is -0.508 e. The van der Waals surface area contributed by atoms with Gasteiger partial charge in [0.1, 0.15) is 16.4 Å². The first-order valence-electron chi connectivity index (χ1n) is 7.60. The van der Waals surface area contributed by atoms with E-state index in [2.05, 4.69) is 15.9 Å². The van der Waals surface area contributed by atoms with Crippen molar-refractivity contribution in [1.29, 1.82) is 0 Å². The van der Waals surface area contributed by atoms with Crippen LogP contribution in [0.1, 0.15) is 31.7 Å². The van der Waals surface area contributed by atoms with Crippen LogP contribution in [0.15, 0.2) is 17.0 Å². The molecule has 0 atom stereocenters. The van der Waals surface area contributed by atoms with Crippen LogP contribution in [0.5, 0.6) is 11.5 Å². The smallest absolute Gasteiger partial charge is 0.247 e. The molecule has 0 spiro atoms. The Labute approximate surface area is 145 Å². The van der Waals surface area contributed by atoms with E-state index in [4.69, 9.17) is 5.11 Å². The summed E-state index contributed by atoms with van der Waals surface area (Å²) in [5, 5.41) is 29.3. The molecule has 1 rings (SSSR count). The lowest BCUT2D eigenvalue weighted by atomic mass is 10.1. The van der Waals surface area contributed by atoms with E-state index in [9.17, 15) is 18.6 Å². The van der Waals surface area contributed by atoms with Crippen LogP contribution >= 0.6 is 15.9 Å². The van der Waals surface area contributed by atoms with Gasteiger partial charge in [-0.25, -0.2) is 8.42 Å². The maximum absolute atomic E-state index is 12.9. The third-order valence-corrected chi connectivity index (χ3v) is 5.85. The van der Waals surface area contributed by atoms with E-state index < -0.39 is 15.8 Å². The topological polar surface area (TPSA) is 98.1 Å². The van der Waals surface area contributed by atoms with Crippen LogP contribution in [0.2, 0.25) is 0 Å². The van der Waals surface area contributed by atoms with Crippen LogP contribution < -0.4 is 0 Å². The predicted octanol–water partition coefficient (Wildman–Crippen LogP) is 2.21. The van der Waals surface area contributed by atoms with Gasteiger partial charge in [0.2, 0.25) is 10.0 Å². The van der Waals surface area contributed by atoms with Crippen LogP contribution in [0.25, 0.3) is 0 Å². The number of aryl methyl sites for hydroxylation is 1. The van der Waals surface area contributed by atoms with Crippen molar-refractivity contribution in [1.82, 2.24) is 4.31 Å². The number of phenolic OH excluding ortho intramolecular Hbond substituents is 2. The molecule has 0 aliphatic rings. The zero-order chi connectivity index (χ0) is 17.5. The van der Waals surface area contributed by atoms with Crippen LogP contribution in [0, 0.1) is 0 Å². The summed E-state index contributed by atoms with van der Waals surface area (Å²) in [5.74, 6) is -0.629. The van der Waals surface area contributed by atoms with Gasteiger partial charge < -0.3 is 15.3 Å². The maximum Gasteiger partial charge on any atom is 0.247 e. The molecule has 23 heavy (non-hydrogen) atoms. The number of rotatable bonds is 10. The van der Waals surface area contributed by atoms with Crippen molar-refractivity contribution in [2.75, 3.05) is 25.0 Å². The Kier molecular flexibility index (Phi) is 8.32. The van der Waals surface area contributed by atoms with Gasteiger partial charge in [-0.1, -0.05) is 35.7 Å². The van der Waals surface area contributed by atoms with Crippen LogP contribution in [0.4, 0.5) is 0 Å². The number of halogens is 1. The molecule has 0 aromatic heterocycles. The highest BCUT2D eigenvalue weighted by Crippen LogP contribution is 2.34. The summed E-state index contributed by atoms with van der Waals surface area (Å²) in [7, 11) is -3.96. The second-order valence-electron chi connectivity index (χ2n) is 5.23. The fourth-order valence-corrected chi connectivity index (χ4v) is 4.78. The summed E-state index contributed by atoms with van der Waals surface area (Å²) in [6, 6.07) is 2.41. The molecule has 0 saturated carbocycles. The van der Waals surface area contributed by atoms with E-state index in [0.717, 1.165) is 29.6 Å². The normalized spacial score (nSPS) is 12.0. The van der Waals surface area contributed by atoms with Gasteiger partial charge in [-0.15, -0.1) is 0 Å². The first-order chi connectivity index (χ1) is 10.9. The minimum absolute atomic E-state index is 0.0529. The summed E-state index contributed by atoms with van der Waals surface area (Å²) in [4.78, 5) is -0.180. The van der Waals surface area contributed by atoms with Gasteiger partial charge in [-0.05, 0) is 24.5 Å². The molecule has 3 N–H and O–H groups in total. The summed E-state index contributed by atoms with van der Waals surface area (Å²) >= 11 is 3.19. The monoisotopic (exact) mass is 409 g/mol. The number of hydrogen-bond donors (Lipinski definition) is 3. The van der Waals surface area contributed by atoms with E-state index >= 15 is 0 Å². The molecule has 0 heterocycles. The quantitative estimate of drug-likeness (QED) is 0.406. The zero-order valence-electron chi connectivity index (χ0n) is 13.2. The fraction of sp³-hybridized carbons (Fsp3) is 0.600. The molecule has 8 heteroatoms. The Hall–Kier alpha value is -0.830. The van der Waals surface area contributed by atoms with Crippen molar-refractivity contribution in [3.05, 3.63) is 17.7 Å². The number of aromatic hydroxyl groups is 2. The number of nitrogens with zero attached hydrogens (tertiary/aromatic N) is 1. The number of sulfonamides is 1. The van der Waals surface area contributed by atoms with E-state index in [0.29, 0.717) is 17.3 Å². The van der Waals surface area contributed by atoms with Gasteiger partial charge in [0.25, 0.3) is 0 Å². The van der Waals surface area contributed by atoms with Crippen molar-refractivity contribution in [2.45, 2.75) is 37.5 Å². The number of phenols is 2. The Bertz CT molecular complexity index is 600. The fourth-order valence-electron chi connectivity index (χ4n) is 2.39. The number of aliphatic hydroxyl groups excluding tert-OH is 1. The first kappa shape index (κ1) is 20.2. The first-order valence-corrected chi connectivity index (χ1v) is 10.2. The van der Waals surface area contributed by atoms with Gasteiger partial charge in [0, 0.05) is 24.5 Å². The average Bonchev–Trinajstić information content (AvgIpc) is 2.46. The van der Waals surface area contributed by atoms with Crippen LogP contribution in [0.3, 0.4) is 0 Å². The molecule has 1 aromatic rings. The Morgan fingerprint density at radius 2 is 1.87 bits per heavy atom. The van der Waals surface area contributed by atoms with E-state index in [-0.39, 0.29) is 30.3 Å². The number of alkyl halides is 1. The van der Waals surface area contributed by atoms with E-state index in [1.165, 1.54) is 6.07 Å². The van der Waals surface area contributed by atoms with E-state index in [1.807, 2.05) is 6.92 Å². The average molecular weight is 410 g/mol. The Morgan fingerprint density at radius 1 is 1.17 bits per heavy atom. The molecule has 0 radical (unpaired) electrons. The van der Waals surface area contributed by atoms with Crippen LogP contribution in [-0.4, -0.2) is 53.1 Å². The lowest BCUT2D eigenvalue weighted by molar-refractivity contribution is 0.257. The lowest BCUT2D eigenvalue weighted by Gasteiger charge is -2.23. The molecule has 0 aliphatic heterocycles. The van der Waals surface area contributed by atoms with Crippen molar-refractivity contribution in [2.24, 2.45) is 0 Å². The predicted molar refractivity (Wildman–Crippen MR) is 92.6 cm³/mol. The highest BCUT2D eigenvalue weighted by atomic mass is 79.9. The molecule has 0 unspecified atom stereocenters. The highest BCUT2D eigenvalue weighted by Gasteiger charge is 2.29. The summed E-state index contributed by atoms with van der Waals surface area (Å²) < 4.78 is 26.8. The van der Waals surface area contributed by atoms with Crippen molar-refractivity contribution in [3.8, 4) is 11.5 Å². The third kappa shape index (κ3) is 5.34. The highest BCUT2D eigenvalue weighted by molar-refractivity contribution is 9.09. The molecule has 0 amide bonds. The molecule has 0 aliphatic carbocycles. The maximum atomic E-state index is 12.9. The second-order valence-corrected chi connectivity index (χ2v) is 7.89. The van der Waals surface area contributed by atoms with Gasteiger partial charge in [-0.2, -0.15) is 4.31 Å². The van der Waals surface area contributed by atoms with Crippen molar-refractivity contribution < 1.29 is 23.7 Å². The lowest BCUT2D eigenvalue weighted by Crippen LogP contribution is -2.35. The Morgan fingerprint density at radius 3 is 2.43 bits per heavy atom. The zero-order valence-corrected chi connectivity index (χ0v) is 15.6. The third-order valence-electron chi connectivity index (χ3n) is 3.46. The number of benzene rings is 1. The number of hydrogen-bond acceptors (Lipinski definition) is 5. The van der Waals surface area contributed by atoms with Crippen LogP contribution in [-0.2, 0) is 16.4 Å². The molecule has 6 nitrogen and oxygen atoms in total. The van der Waals surface area contributed by atoms with Gasteiger partial charge in [0.05, 0.1) is 6.61 Å². The van der Waals surface area contributed by atoms with Gasteiger partial charge in [0.15, 0.2) is 0 Å². The number of unbranched alkanes of at least 4 members (excludes halogenated alkanes) is 2. The minimum atomic E-state index is -3.96. The van der Waals surface area contributed by atoms with Gasteiger partial charge >= 0.3 is 0 Å². The Balaban J connectivity index is 3.31. The summed E-state index contributed by atoms with van der Waals surface area (Å²) in [5.41, 5.74) is 0.397. The molecule has 132 valence electrons. The number of aliphatic hydroxyl groups is 1. The molecule has 0 saturated heterocycles. The molecular formula is C15H24BrNO5S. The molecule has 0 bridgehead atoms. The molecular weight excluding hydrogens is 386 g/mol. The summed E-state index contributed by atoms with van der Waals surface area (Å²) in [6.07, 6.45) is 3.12. The molecule has 0 fully saturated rings. The second kappa shape index (κ2) is 9.46. The molecule has 1 aromatic carbocycles. The largest absolute Gasteiger partial charge is 0.508 e.